The molecule has 0 saturated carbocycles. The number of carbonyl (C=O) groups excluding carboxylic acids is 3. The van der Waals surface area contributed by atoms with Crippen LogP contribution in [0.4, 0.5) is 5.69 Å². The van der Waals surface area contributed by atoms with Gasteiger partial charge in [0.15, 0.2) is 12.6 Å². The molecule has 0 spiro atoms. The summed E-state index contributed by atoms with van der Waals surface area (Å²) in [6.45, 7) is 7.61. The largest absolute Gasteiger partial charge is 0.497 e. The summed E-state index contributed by atoms with van der Waals surface area (Å²) in [5.41, 5.74) is 2.29. The second-order valence-electron chi connectivity index (χ2n) is 9.91. The van der Waals surface area contributed by atoms with Crippen molar-refractivity contribution in [3.8, 4) is 5.75 Å². The molecule has 1 heterocycles. The molecule has 1 atom stereocenters. The van der Waals surface area contributed by atoms with Crippen LogP contribution < -0.4 is 10.1 Å². The Morgan fingerprint density at radius 3 is 2.34 bits per heavy atom. The highest BCUT2D eigenvalue weighted by atomic mass is 16.5. The number of aryl methyl sites for hydroxylation is 1. The van der Waals surface area contributed by atoms with Gasteiger partial charge in [0.2, 0.25) is 0 Å². The van der Waals surface area contributed by atoms with Gasteiger partial charge < -0.3 is 24.0 Å². The number of quaternary nitrogens is 1. The first kappa shape index (κ1) is 29.2. The first-order valence-electron chi connectivity index (χ1n) is 13.6. The van der Waals surface area contributed by atoms with Gasteiger partial charge in [0.25, 0.3) is 5.91 Å². The lowest BCUT2D eigenvalue weighted by Gasteiger charge is -2.45. The minimum atomic E-state index is -0.525. The number of carbonyl (C=O) groups is 3. The Bertz CT molecular complexity index is 1100. The number of esters is 2. The van der Waals surface area contributed by atoms with Gasteiger partial charge >= 0.3 is 11.9 Å². The van der Waals surface area contributed by atoms with Gasteiger partial charge in [0.1, 0.15) is 12.4 Å². The lowest BCUT2D eigenvalue weighted by molar-refractivity contribution is -0.940. The molecule has 0 aromatic heterocycles. The van der Waals surface area contributed by atoms with Crippen LogP contribution in [0.1, 0.15) is 67.4 Å². The second kappa shape index (κ2) is 14.0. The summed E-state index contributed by atoms with van der Waals surface area (Å²) in [6, 6.07) is 12.5. The molecule has 2 aromatic carbocycles. The quantitative estimate of drug-likeness (QED) is 0.309. The van der Waals surface area contributed by atoms with E-state index in [0.29, 0.717) is 27.9 Å². The third kappa shape index (κ3) is 7.34. The zero-order valence-electron chi connectivity index (χ0n) is 23.1. The van der Waals surface area contributed by atoms with Gasteiger partial charge in [-0.1, -0.05) is 37.3 Å². The van der Waals surface area contributed by atoms with Crippen molar-refractivity contribution in [3.63, 3.8) is 0 Å². The maximum absolute atomic E-state index is 13.9. The zero-order valence-corrected chi connectivity index (χ0v) is 23.1. The maximum atomic E-state index is 13.9. The smallest absolute Gasteiger partial charge is 0.362 e. The van der Waals surface area contributed by atoms with E-state index in [1.807, 2.05) is 44.2 Å². The number of ether oxygens (including phenoxy) is 3. The standard InChI is InChI=1S/C30H40N2O6/c1-5-13-26(29(34)31-28-22(3)18-24(36-4)19-25(28)30(35)37-6-2)32(16-11-8-12-17-32)20-27(33)38-21-23-14-9-7-10-15-23/h7,9-10,14-15,18-19,26H,5-6,8,11-13,16-17,20-21H2,1-4H3/p+1. The van der Waals surface area contributed by atoms with Gasteiger partial charge in [-0.2, -0.15) is 0 Å². The van der Waals surface area contributed by atoms with Crippen molar-refractivity contribution in [1.82, 2.24) is 0 Å². The van der Waals surface area contributed by atoms with Crippen LogP contribution in [0.15, 0.2) is 42.5 Å². The summed E-state index contributed by atoms with van der Waals surface area (Å²) in [5.74, 6) is -0.529. The number of hydrogen-bond donors (Lipinski definition) is 1. The molecule has 2 aromatic rings. The van der Waals surface area contributed by atoms with Crippen LogP contribution in [0, 0.1) is 6.92 Å². The first-order chi connectivity index (χ1) is 18.3. The Morgan fingerprint density at radius 2 is 1.71 bits per heavy atom. The minimum Gasteiger partial charge on any atom is -0.497 e. The van der Waals surface area contributed by atoms with Crippen molar-refractivity contribution >= 4 is 23.5 Å². The lowest BCUT2D eigenvalue weighted by Crippen LogP contribution is -2.64. The van der Waals surface area contributed by atoms with Crippen molar-refractivity contribution in [2.45, 2.75) is 65.5 Å². The lowest BCUT2D eigenvalue weighted by atomic mass is 9.98. The fraction of sp³-hybridized carbons (Fsp3) is 0.500. The fourth-order valence-corrected chi connectivity index (χ4v) is 5.30. The molecule has 1 aliphatic rings. The van der Waals surface area contributed by atoms with Gasteiger partial charge in [0.05, 0.1) is 38.1 Å². The summed E-state index contributed by atoms with van der Waals surface area (Å²) in [4.78, 5) is 39.8. The normalized spacial score (nSPS) is 15.3. The SMILES string of the molecule is CCCC(C(=O)Nc1c(C)cc(OC)cc1C(=O)OCC)[N+]1(CC(=O)OCc2ccccc2)CCCCC1. The Hall–Kier alpha value is -3.39. The Kier molecular flexibility index (Phi) is 10.7. The average Bonchev–Trinajstić information content (AvgIpc) is 2.92. The Balaban J connectivity index is 1.87. The topological polar surface area (TPSA) is 90.9 Å². The molecule has 8 nitrogen and oxygen atoms in total. The number of methoxy groups -OCH3 is 1. The summed E-state index contributed by atoms with van der Waals surface area (Å²) < 4.78 is 16.6. The number of rotatable bonds is 12. The maximum Gasteiger partial charge on any atom is 0.362 e. The van der Waals surface area contributed by atoms with Crippen molar-refractivity contribution < 1.29 is 33.1 Å². The molecule has 0 radical (unpaired) electrons. The second-order valence-corrected chi connectivity index (χ2v) is 9.91. The van der Waals surface area contributed by atoms with Gasteiger partial charge in [-0.3, -0.25) is 4.79 Å². The van der Waals surface area contributed by atoms with Crippen molar-refractivity contribution in [1.29, 1.82) is 0 Å². The van der Waals surface area contributed by atoms with Crippen LogP contribution >= 0.6 is 0 Å². The number of anilines is 1. The van der Waals surface area contributed by atoms with Crippen molar-refractivity contribution in [2.24, 2.45) is 0 Å². The molecular weight excluding hydrogens is 484 g/mol. The van der Waals surface area contributed by atoms with E-state index in [1.165, 1.54) is 7.11 Å². The van der Waals surface area contributed by atoms with Crippen molar-refractivity contribution in [2.75, 3.05) is 38.7 Å². The number of likely N-dealkylation sites (tertiary alicyclic amines) is 1. The summed E-state index contributed by atoms with van der Waals surface area (Å²) in [7, 11) is 1.53. The summed E-state index contributed by atoms with van der Waals surface area (Å²) >= 11 is 0. The monoisotopic (exact) mass is 525 g/mol. The van der Waals surface area contributed by atoms with Gasteiger partial charge in [-0.25, -0.2) is 9.59 Å². The van der Waals surface area contributed by atoms with E-state index in [2.05, 4.69) is 5.32 Å². The molecule has 0 aliphatic carbocycles. The predicted octanol–water partition coefficient (Wildman–Crippen LogP) is 5.03. The van der Waals surface area contributed by atoms with E-state index in [9.17, 15) is 14.4 Å². The summed E-state index contributed by atoms with van der Waals surface area (Å²) in [6.07, 6.45) is 4.35. The van der Waals surface area contributed by atoms with Gasteiger partial charge in [0, 0.05) is 6.42 Å². The predicted molar refractivity (Wildman–Crippen MR) is 146 cm³/mol. The van der Waals surface area contributed by atoms with E-state index in [0.717, 1.165) is 44.3 Å². The van der Waals surface area contributed by atoms with Gasteiger partial charge in [-0.15, -0.1) is 0 Å². The number of nitrogens with one attached hydrogen (secondary N) is 1. The van der Waals surface area contributed by atoms with E-state index >= 15 is 0 Å². The average molecular weight is 526 g/mol. The molecule has 1 fully saturated rings. The summed E-state index contributed by atoms with van der Waals surface area (Å²) in [5, 5.41) is 3.04. The van der Waals surface area contributed by atoms with Crippen molar-refractivity contribution in [3.05, 3.63) is 59.2 Å². The molecule has 0 bridgehead atoms. The highest BCUT2D eigenvalue weighted by Crippen LogP contribution is 2.31. The minimum absolute atomic E-state index is 0.136. The van der Waals surface area contributed by atoms with E-state index in [1.54, 1.807) is 19.1 Å². The number of amides is 1. The highest BCUT2D eigenvalue weighted by Gasteiger charge is 2.44. The van der Waals surface area contributed by atoms with E-state index in [4.69, 9.17) is 14.2 Å². The molecular formula is C30H41N2O6+. The zero-order chi connectivity index (χ0) is 27.5. The Labute approximate surface area is 225 Å². The van der Waals surface area contributed by atoms with Crippen LogP contribution in [0.3, 0.4) is 0 Å². The van der Waals surface area contributed by atoms with Crippen LogP contribution in [-0.2, 0) is 25.7 Å². The molecule has 38 heavy (non-hydrogen) atoms. The molecule has 1 amide bonds. The number of hydrogen-bond acceptors (Lipinski definition) is 6. The van der Waals surface area contributed by atoms with E-state index in [-0.39, 0.29) is 37.2 Å². The molecule has 1 N–H and O–H groups in total. The van der Waals surface area contributed by atoms with Gasteiger partial charge in [-0.05, 0) is 62.8 Å². The molecule has 1 unspecified atom stereocenters. The number of nitrogens with zero attached hydrogens (tertiary/aromatic N) is 1. The third-order valence-electron chi connectivity index (χ3n) is 7.21. The first-order valence-corrected chi connectivity index (χ1v) is 13.6. The van der Waals surface area contributed by atoms with Crippen LogP contribution in [0.5, 0.6) is 5.75 Å². The molecule has 206 valence electrons. The number of piperidine rings is 1. The number of benzene rings is 2. The van der Waals surface area contributed by atoms with E-state index < -0.39 is 12.0 Å². The van der Waals surface area contributed by atoms with Crippen LogP contribution in [0.25, 0.3) is 0 Å². The van der Waals surface area contributed by atoms with Crippen LogP contribution in [0.2, 0.25) is 0 Å². The molecule has 8 heteroatoms. The molecule has 3 rings (SSSR count). The van der Waals surface area contributed by atoms with Crippen LogP contribution in [-0.4, -0.2) is 61.7 Å². The molecule has 1 aliphatic heterocycles. The fourth-order valence-electron chi connectivity index (χ4n) is 5.30. The Morgan fingerprint density at radius 1 is 1.00 bits per heavy atom. The highest BCUT2D eigenvalue weighted by molar-refractivity contribution is 6.03. The molecule has 1 saturated heterocycles. The third-order valence-corrected chi connectivity index (χ3v) is 7.21.